The quantitative estimate of drug-likeness (QED) is 0.826. The summed E-state index contributed by atoms with van der Waals surface area (Å²) in [5.41, 5.74) is 8.11. The molecule has 2 aliphatic rings. The number of methoxy groups -OCH3 is 2. The third-order valence-electron chi connectivity index (χ3n) is 4.57. The highest BCUT2D eigenvalue weighted by molar-refractivity contribution is 6.34. The maximum atomic E-state index is 9.70. The molecule has 0 saturated carbocycles. The van der Waals surface area contributed by atoms with E-state index in [0.717, 1.165) is 5.56 Å². The van der Waals surface area contributed by atoms with Gasteiger partial charge in [-0.05, 0) is 17.7 Å². The molecule has 4 rings (SSSR count). The molecule has 0 bridgehead atoms. The molecule has 7 nitrogen and oxygen atoms in total. The lowest BCUT2D eigenvalue weighted by Gasteiger charge is -2.27. The minimum atomic E-state index is -0.504. The van der Waals surface area contributed by atoms with Crippen molar-refractivity contribution in [3.8, 4) is 34.8 Å². The summed E-state index contributed by atoms with van der Waals surface area (Å²) in [7, 11) is 9.17. The van der Waals surface area contributed by atoms with Gasteiger partial charge in [0.2, 0.25) is 12.7 Å². The van der Waals surface area contributed by atoms with Crippen LogP contribution in [0.25, 0.3) is 0 Å². The lowest BCUT2D eigenvalue weighted by molar-refractivity contribution is 0.174. The largest absolute Gasteiger partial charge is 0.493 e. The van der Waals surface area contributed by atoms with Crippen LogP contribution in [-0.2, 0) is 0 Å². The highest BCUT2D eigenvalue weighted by Gasteiger charge is 2.34. The molecule has 27 heavy (non-hydrogen) atoms. The van der Waals surface area contributed by atoms with Crippen molar-refractivity contribution in [3.63, 3.8) is 0 Å². The number of hydrogen-bond donors (Lipinski definition) is 1. The summed E-state index contributed by atoms with van der Waals surface area (Å²) in [5, 5.41) is 9.70. The van der Waals surface area contributed by atoms with Crippen LogP contribution in [0.15, 0.2) is 35.7 Å². The van der Waals surface area contributed by atoms with E-state index in [9.17, 15) is 5.26 Å². The third-order valence-corrected chi connectivity index (χ3v) is 4.57. The molecule has 0 fully saturated rings. The Morgan fingerprint density at radius 1 is 1.11 bits per heavy atom. The summed E-state index contributed by atoms with van der Waals surface area (Å²) < 4.78 is 27.2. The van der Waals surface area contributed by atoms with Gasteiger partial charge >= 0.3 is 0 Å². The standard InChI is InChI=1S/C19H15BN2O5/c1-23-16-4-9(3-12(20)18(16)24-2)17-10-5-14-15(26-8-25-14)6-13(10)27-19(22)11(17)7-21/h3-6,17H,8,22H2,1-2H3. The van der Waals surface area contributed by atoms with Gasteiger partial charge < -0.3 is 29.4 Å². The molecular weight excluding hydrogens is 347 g/mol. The van der Waals surface area contributed by atoms with E-state index in [1.54, 1.807) is 24.3 Å². The van der Waals surface area contributed by atoms with Crippen LogP contribution in [0.5, 0.6) is 28.7 Å². The number of nitrogens with two attached hydrogens (primary N) is 1. The Morgan fingerprint density at radius 3 is 2.52 bits per heavy atom. The van der Waals surface area contributed by atoms with Crippen LogP contribution >= 0.6 is 0 Å². The second-order valence-corrected chi connectivity index (χ2v) is 6.01. The molecule has 8 heteroatoms. The van der Waals surface area contributed by atoms with Crippen molar-refractivity contribution in [1.29, 1.82) is 5.26 Å². The van der Waals surface area contributed by atoms with Crippen molar-refractivity contribution in [2.75, 3.05) is 21.0 Å². The topological polar surface area (TPSA) is 96.0 Å². The Labute approximate surface area is 157 Å². The van der Waals surface area contributed by atoms with Crippen molar-refractivity contribution >= 4 is 13.3 Å². The first-order valence-corrected chi connectivity index (χ1v) is 8.09. The highest BCUT2D eigenvalue weighted by Crippen LogP contribution is 2.48. The first-order chi connectivity index (χ1) is 13.1. The van der Waals surface area contributed by atoms with E-state index < -0.39 is 5.92 Å². The number of fused-ring (bicyclic) bond motifs is 2. The predicted molar refractivity (Wildman–Crippen MR) is 96.8 cm³/mol. The Hall–Kier alpha value is -3.47. The van der Waals surface area contributed by atoms with E-state index >= 15 is 0 Å². The molecule has 0 aliphatic carbocycles. The Bertz CT molecular complexity index is 1010. The maximum absolute atomic E-state index is 9.70. The van der Waals surface area contributed by atoms with Gasteiger partial charge in [0.05, 0.1) is 20.1 Å². The fourth-order valence-electron chi connectivity index (χ4n) is 3.37. The zero-order chi connectivity index (χ0) is 19.1. The van der Waals surface area contributed by atoms with Crippen molar-refractivity contribution in [2.24, 2.45) is 5.73 Å². The van der Waals surface area contributed by atoms with E-state index in [1.807, 2.05) is 0 Å². The third kappa shape index (κ3) is 2.59. The fraction of sp³-hybridized carbons (Fsp3) is 0.211. The molecule has 0 amide bonds. The molecule has 1 unspecified atom stereocenters. The zero-order valence-electron chi connectivity index (χ0n) is 14.7. The van der Waals surface area contributed by atoms with Gasteiger partial charge in [0, 0.05) is 11.6 Å². The van der Waals surface area contributed by atoms with Crippen molar-refractivity contribution in [3.05, 3.63) is 46.8 Å². The molecule has 2 aromatic carbocycles. The Kier molecular flexibility index (Phi) is 4.00. The summed E-state index contributed by atoms with van der Waals surface area (Å²) >= 11 is 0. The van der Waals surface area contributed by atoms with E-state index in [1.165, 1.54) is 14.2 Å². The molecule has 1 atom stereocenters. The second-order valence-electron chi connectivity index (χ2n) is 6.01. The fourth-order valence-corrected chi connectivity index (χ4v) is 3.37. The number of nitriles is 1. The smallest absolute Gasteiger partial charge is 0.231 e. The number of rotatable bonds is 3. The average molecular weight is 362 g/mol. The van der Waals surface area contributed by atoms with Gasteiger partial charge in [-0.15, -0.1) is 0 Å². The molecule has 0 aromatic heterocycles. The molecule has 2 N–H and O–H groups in total. The van der Waals surface area contributed by atoms with E-state index in [2.05, 4.69) is 6.07 Å². The van der Waals surface area contributed by atoms with Gasteiger partial charge in [-0.1, -0.05) is 11.5 Å². The van der Waals surface area contributed by atoms with Crippen LogP contribution in [0.3, 0.4) is 0 Å². The summed E-state index contributed by atoms with van der Waals surface area (Å²) in [6.45, 7) is 0.125. The summed E-state index contributed by atoms with van der Waals surface area (Å²) in [5.74, 6) is 2.04. The van der Waals surface area contributed by atoms with Crippen LogP contribution < -0.4 is 34.9 Å². The Balaban J connectivity index is 1.94. The van der Waals surface area contributed by atoms with Crippen molar-refractivity contribution < 1.29 is 23.7 Å². The number of nitrogens with zero attached hydrogens (tertiary/aromatic N) is 1. The average Bonchev–Trinajstić information content (AvgIpc) is 3.11. The van der Waals surface area contributed by atoms with Crippen LogP contribution in [0, 0.1) is 11.3 Å². The first kappa shape index (κ1) is 17.0. The number of allylic oxidation sites excluding steroid dienone is 1. The SMILES string of the molecule is [B]c1cc(C2C(C#N)=C(N)Oc3cc4c(cc32)OCO4)cc(OC)c1OC. The molecule has 2 aromatic rings. The van der Waals surface area contributed by atoms with Gasteiger partial charge in [-0.3, -0.25) is 0 Å². The maximum Gasteiger partial charge on any atom is 0.231 e. The molecule has 0 saturated heterocycles. The van der Waals surface area contributed by atoms with Crippen molar-refractivity contribution in [2.45, 2.75) is 5.92 Å². The lowest BCUT2D eigenvalue weighted by atomic mass is 9.80. The number of benzene rings is 2. The van der Waals surface area contributed by atoms with Gasteiger partial charge in [-0.25, -0.2) is 0 Å². The van der Waals surface area contributed by atoms with Crippen LogP contribution in [-0.4, -0.2) is 28.9 Å². The number of hydrogen-bond acceptors (Lipinski definition) is 7. The van der Waals surface area contributed by atoms with Crippen LogP contribution in [0.2, 0.25) is 0 Å². The van der Waals surface area contributed by atoms with Crippen LogP contribution in [0.1, 0.15) is 17.0 Å². The molecule has 2 radical (unpaired) electrons. The van der Waals surface area contributed by atoms with Crippen LogP contribution in [0.4, 0.5) is 0 Å². The summed E-state index contributed by atoms with van der Waals surface area (Å²) in [6.07, 6.45) is 0. The molecular formula is C19H15BN2O5. The summed E-state index contributed by atoms with van der Waals surface area (Å²) in [4.78, 5) is 0. The van der Waals surface area contributed by atoms with Gasteiger partial charge in [0.15, 0.2) is 23.0 Å². The second kappa shape index (κ2) is 6.36. The molecule has 2 aliphatic heterocycles. The molecule has 134 valence electrons. The minimum Gasteiger partial charge on any atom is -0.493 e. The molecule has 0 spiro atoms. The lowest BCUT2D eigenvalue weighted by Crippen LogP contribution is -2.22. The normalized spacial score (nSPS) is 17.0. The summed E-state index contributed by atoms with van der Waals surface area (Å²) in [6, 6.07) is 9.14. The number of ether oxygens (including phenoxy) is 5. The monoisotopic (exact) mass is 362 g/mol. The first-order valence-electron chi connectivity index (χ1n) is 8.09. The van der Waals surface area contributed by atoms with E-state index in [4.69, 9.17) is 37.3 Å². The van der Waals surface area contributed by atoms with Gasteiger partial charge in [0.1, 0.15) is 25.2 Å². The van der Waals surface area contributed by atoms with Gasteiger partial charge in [-0.2, -0.15) is 5.26 Å². The van der Waals surface area contributed by atoms with Crippen molar-refractivity contribution in [1.82, 2.24) is 0 Å². The van der Waals surface area contributed by atoms with E-state index in [0.29, 0.717) is 39.8 Å². The minimum absolute atomic E-state index is 0.0298. The van der Waals surface area contributed by atoms with E-state index in [-0.39, 0.29) is 18.2 Å². The predicted octanol–water partition coefficient (Wildman–Crippen LogP) is 1.44. The zero-order valence-corrected chi connectivity index (χ0v) is 14.7. The van der Waals surface area contributed by atoms with Gasteiger partial charge in [0.25, 0.3) is 0 Å². The molecule has 2 heterocycles. The Morgan fingerprint density at radius 2 is 1.85 bits per heavy atom. The highest BCUT2D eigenvalue weighted by atomic mass is 16.7.